The largest absolute Gasteiger partial charge is 0.393 e. The van der Waals surface area contributed by atoms with E-state index in [2.05, 4.69) is 17.6 Å². The zero-order chi connectivity index (χ0) is 9.94. The second kappa shape index (κ2) is 9.96. The Hall–Kier alpha value is -0.120. The van der Waals surface area contributed by atoms with Crippen molar-refractivity contribution >= 4 is 0 Å². The van der Waals surface area contributed by atoms with Crippen molar-refractivity contribution in [1.82, 2.24) is 10.6 Å². The van der Waals surface area contributed by atoms with Gasteiger partial charge >= 0.3 is 0 Å². The van der Waals surface area contributed by atoms with Gasteiger partial charge in [0.05, 0.1) is 6.10 Å². The van der Waals surface area contributed by atoms with Gasteiger partial charge in [-0.3, -0.25) is 0 Å². The molecule has 3 heteroatoms. The van der Waals surface area contributed by atoms with Crippen molar-refractivity contribution in [2.75, 3.05) is 26.2 Å². The molecule has 1 atom stereocenters. The third-order valence-electron chi connectivity index (χ3n) is 1.93. The summed E-state index contributed by atoms with van der Waals surface area (Å²) in [5.41, 5.74) is 0. The van der Waals surface area contributed by atoms with E-state index >= 15 is 0 Å². The molecule has 0 bridgehead atoms. The van der Waals surface area contributed by atoms with Crippen LogP contribution >= 0.6 is 0 Å². The second-order valence-electron chi connectivity index (χ2n) is 3.45. The highest BCUT2D eigenvalue weighted by Crippen LogP contribution is 1.93. The Bertz CT molecular complexity index is 96.9. The first-order chi connectivity index (χ1) is 6.27. The summed E-state index contributed by atoms with van der Waals surface area (Å²) in [4.78, 5) is 0. The molecule has 0 radical (unpaired) electrons. The molecule has 0 aliphatic rings. The summed E-state index contributed by atoms with van der Waals surface area (Å²) in [5.74, 6) is 0. The van der Waals surface area contributed by atoms with Gasteiger partial charge in [-0.2, -0.15) is 0 Å². The highest BCUT2D eigenvalue weighted by Gasteiger charge is 1.94. The Morgan fingerprint density at radius 3 is 2.31 bits per heavy atom. The molecular weight excluding hydrogens is 164 g/mol. The third-order valence-corrected chi connectivity index (χ3v) is 1.93. The SMILES string of the molecule is CCNCCCNCCCC(C)O. The van der Waals surface area contributed by atoms with Gasteiger partial charge in [0.1, 0.15) is 0 Å². The van der Waals surface area contributed by atoms with E-state index in [-0.39, 0.29) is 6.10 Å². The predicted octanol–water partition coefficient (Wildman–Crippen LogP) is 0.737. The van der Waals surface area contributed by atoms with E-state index in [4.69, 9.17) is 5.11 Å². The van der Waals surface area contributed by atoms with Crippen LogP contribution in [0.5, 0.6) is 0 Å². The molecule has 0 aliphatic carbocycles. The fraction of sp³-hybridized carbons (Fsp3) is 1.00. The molecule has 0 amide bonds. The number of hydrogen-bond acceptors (Lipinski definition) is 3. The van der Waals surface area contributed by atoms with Crippen LogP contribution in [0.25, 0.3) is 0 Å². The minimum absolute atomic E-state index is 0.149. The van der Waals surface area contributed by atoms with Crippen LogP contribution in [0.15, 0.2) is 0 Å². The smallest absolute Gasteiger partial charge is 0.0512 e. The Labute approximate surface area is 81.9 Å². The molecular formula is C10H24N2O. The lowest BCUT2D eigenvalue weighted by atomic mass is 10.2. The summed E-state index contributed by atoms with van der Waals surface area (Å²) in [6.45, 7) is 8.22. The zero-order valence-corrected chi connectivity index (χ0v) is 8.97. The van der Waals surface area contributed by atoms with Gasteiger partial charge in [0.15, 0.2) is 0 Å². The average molecular weight is 188 g/mol. The van der Waals surface area contributed by atoms with Crippen molar-refractivity contribution < 1.29 is 5.11 Å². The van der Waals surface area contributed by atoms with Crippen molar-refractivity contribution in [2.45, 2.75) is 39.2 Å². The molecule has 0 spiro atoms. The molecule has 0 aromatic carbocycles. The summed E-state index contributed by atoms with van der Waals surface area (Å²) < 4.78 is 0. The second-order valence-corrected chi connectivity index (χ2v) is 3.45. The summed E-state index contributed by atoms with van der Waals surface area (Å²) in [7, 11) is 0. The average Bonchev–Trinajstić information content (AvgIpc) is 2.09. The van der Waals surface area contributed by atoms with E-state index in [1.54, 1.807) is 0 Å². The van der Waals surface area contributed by atoms with Gasteiger partial charge in [-0.1, -0.05) is 6.92 Å². The number of nitrogens with one attached hydrogen (secondary N) is 2. The maximum Gasteiger partial charge on any atom is 0.0512 e. The molecule has 0 rings (SSSR count). The van der Waals surface area contributed by atoms with E-state index < -0.39 is 0 Å². The summed E-state index contributed by atoms with van der Waals surface area (Å²) in [6, 6.07) is 0. The normalized spacial score (nSPS) is 13.2. The Balaban J connectivity index is 2.84. The van der Waals surface area contributed by atoms with Crippen molar-refractivity contribution in [3.8, 4) is 0 Å². The minimum atomic E-state index is -0.149. The molecule has 3 nitrogen and oxygen atoms in total. The molecule has 1 unspecified atom stereocenters. The van der Waals surface area contributed by atoms with Crippen LogP contribution in [0.2, 0.25) is 0 Å². The first kappa shape index (κ1) is 12.9. The molecule has 0 aromatic heterocycles. The lowest BCUT2D eigenvalue weighted by Crippen LogP contribution is -2.22. The van der Waals surface area contributed by atoms with Crippen LogP contribution in [0.3, 0.4) is 0 Å². The highest BCUT2D eigenvalue weighted by molar-refractivity contribution is 4.53. The maximum atomic E-state index is 8.99. The van der Waals surface area contributed by atoms with Gasteiger partial charge in [-0.25, -0.2) is 0 Å². The van der Waals surface area contributed by atoms with E-state index in [0.717, 1.165) is 39.0 Å². The van der Waals surface area contributed by atoms with Gasteiger partial charge in [-0.05, 0) is 52.4 Å². The molecule has 0 heterocycles. The summed E-state index contributed by atoms with van der Waals surface area (Å²) in [6.07, 6.45) is 3.00. The number of aliphatic hydroxyl groups is 1. The Morgan fingerprint density at radius 1 is 1.08 bits per heavy atom. The predicted molar refractivity (Wildman–Crippen MR) is 56.9 cm³/mol. The third kappa shape index (κ3) is 11.9. The number of rotatable bonds is 9. The molecule has 0 saturated carbocycles. The van der Waals surface area contributed by atoms with Crippen LogP contribution in [0, 0.1) is 0 Å². The topological polar surface area (TPSA) is 44.3 Å². The summed E-state index contributed by atoms with van der Waals surface area (Å²) in [5, 5.41) is 15.6. The lowest BCUT2D eigenvalue weighted by molar-refractivity contribution is 0.181. The van der Waals surface area contributed by atoms with Gasteiger partial charge in [0.2, 0.25) is 0 Å². The fourth-order valence-electron chi connectivity index (χ4n) is 1.16. The van der Waals surface area contributed by atoms with E-state index in [9.17, 15) is 0 Å². The fourth-order valence-corrected chi connectivity index (χ4v) is 1.16. The van der Waals surface area contributed by atoms with Gasteiger partial charge in [0, 0.05) is 0 Å². The van der Waals surface area contributed by atoms with E-state index in [1.165, 1.54) is 6.42 Å². The molecule has 0 aliphatic heterocycles. The molecule has 0 saturated heterocycles. The molecule has 3 N–H and O–H groups in total. The molecule has 0 fully saturated rings. The standard InChI is InChI=1S/C10H24N2O/c1-3-11-8-5-9-12-7-4-6-10(2)13/h10-13H,3-9H2,1-2H3. The van der Waals surface area contributed by atoms with Crippen molar-refractivity contribution in [3.63, 3.8) is 0 Å². The molecule has 80 valence electrons. The van der Waals surface area contributed by atoms with E-state index in [1.807, 2.05) is 6.92 Å². The van der Waals surface area contributed by atoms with Gasteiger partial charge in [0.25, 0.3) is 0 Å². The van der Waals surface area contributed by atoms with Crippen molar-refractivity contribution in [3.05, 3.63) is 0 Å². The Kier molecular flexibility index (Phi) is 9.87. The van der Waals surface area contributed by atoms with Crippen molar-refractivity contribution in [2.24, 2.45) is 0 Å². The number of aliphatic hydroxyl groups excluding tert-OH is 1. The van der Waals surface area contributed by atoms with Gasteiger partial charge in [-0.15, -0.1) is 0 Å². The quantitative estimate of drug-likeness (QED) is 0.468. The van der Waals surface area contributed by atoms with Gasteiger partial charge < -0.3 is 15.7 Å². The molecule has 13 heavy (non-hydrogen) atoms. The first-order valence-electron chi connectivity index (χ1n) is 5.37. The van der Waals surface area contributed by atoms with Crippen LogP contribution in [0.1, 0.15) is 33.1 Å². The molecule has 0 aromatic rings. The Morgan fingerprint density at radius 2 is 1.69 bits per heavy atom. The number of hydrogen-bond donors (Lipinski definition) is 3. The van der Waals surface area contributed by atoms with Crippen LogP contribution in [-0.2, 0) is 0 Å². The van der Waals surface area contributed by atoms with Crippen LogP contribution in [0.4, 0.5) is 0 Å². The minimum Gasteiger partial charge on any atom is -0.393 e. The summed E-state index contributed by atoms with van der Waals surface area (Å²) >= 11 is 0. The van der Waals surface area contributed by atoms with Crippen LogP contribution < -0.4 is 10.6 Å². The van der Waals surface area contributed by atoms with Crippen LogP contribution in [-0.4, -0.2) is 37.4 Å². The first-order valence-corrected chi connectivity index (χ1v) is 5.37. The lowest BCUT2D eigenvalue weighted by Gasteiger charge is -2.06. The zero-order valence-electron chi connectivity index (χ0n) is 8.97. The highest BCUT2D eigenvalue weighted by atomic mass is 16.3. The monoisotopic (exact) mass is 188 g/mol. The van der Waals surface area contributed by atoms with Crippen molar-refractivity contribution in [1.29, 1.82) is 0 Å². The maximum absolute atomic E-state index is 8.99. The van der Waals surface area contributed by atoms with E-state index in [0.29, 0.717) is 0 Å².